The maximum absolute atomic E-state index is 11.3. The zero-order chi connectivity index (χ0) is 51.3. The van der Waals surface area contributed by atoms with Crippen LogP contribution >= 0.6 is 10.7 Å². The number of nitrogens with one attached hydrogen (secondary N) is 1. The molecule has 0 fully saturated rings. The van der Waals surface area contributed by atoms with Crippen molar-refractivity contribution in [1.29, 1.82) is 0 Å². The molecule has 0 aliphatic heterocycles. The summed E-state index contributed by atoms with van der Waals surface area (Å²) in [6.07, 6.45) is 3.74. The summed E-state index contributed by atoms with van der Waals surface area (Å²) in [6.45, 7) is 11.7. The third-order valence-electron chi connectivity index (χ3n) is 10.2. The van der Waals surface area contributed by atoms with Gasteiger partial charge in [-0.15, -0.1) is 0 Å². The van der Waals surface area contributed by atoms with Gasteiger partial charge in [0.1, 0.15) is 0 Å². The number of sulfonamides is 1. The second kappa shape index (κ2) is 24.3. The monoisotopic (exact) mass is 994 g/mol. The number of hydrogen-bond donors (Lipinski definition) is 6. The van der Waals surface area contributed by atoms with Gasteiger partial charge in [0.2, 0.25) is 25.0 Å². The van der Waals surface area contributed by atoms with E-state index >= 15 is 0 Å². The highest BCUT2D eigenvalue weighted by atomic mass is 35.7. The molecule has 8 N–H and O–H groups in total. The maximum atomic E-state index is 11.3. The van der Waals surface area contributed by atoms with Crippen molar-refractivity contribution >= 4 is 64.9 Å². The summed E-state index contributed by atoms with van der Waals surface area (Å²) in [7, 11) is -2.01. The lowest BCUT2D eigenvalue weighted by Crippen LogP contribution is -2.12. The lowest BCUT2D eigenvalue weighted by molar-refractivity contribution is -0.138. The molecule has 0 radical (unpaired) electrons. The first kappa shape index (κ1) is 55.5. The topological polar surface area (TPSA) is 276 Å². The van der Waals surface area contributed by atoms with Crippen molar-refractivity contribution in [2.75, 3.05) is 23.0 Å². The molecule has 3 aromatic heterocycles. The van der Waals surface area contributed by atoms with E-state index < -0.39 is 42.9 Å². The number of aromatic nitrogens is 3. The Morgan fingerprint density at radius 2 is 0.882 bits per heavy atom. The molecule has 6 rings (SSSR count). The van der Waals surface area contributed by atoms with Crippen molar-refractivity contribution in [1.82, 2.24) is 13.7 Å². The minimum absolute atomic E-state index is 0.0657. The highest BCUT2D eigenvalue weighted by Gasteiger charge is 2.15. The Kier molecular flexibility index (Phi) is 19.8. The Labute approximate surface area is 401 Å². The molecule has 0 atom stereocenters. The van der Waals surface area contributed by atoms with E-state index in [0.717, 1.165) is 86.1 Å². The number of aryl methyl sites for hydroxylation is 9. The Morgan fingerprint density at radius 3 is 1.19 bits per heavy atom. The molecule has 1 amide bonds. The predicted octanol–water partition coefficient (Wildman–Crippen LogP) is 7.57. The number of anilines is 2. The highest BCUT2D eigenvalue weighted by molar-refractivity contribution is 8.13. The normalized spacial score (nSPS) is 11.0. The van der Waals surface area contributed by atoms with E-state index in [1.165, 1.54) is 0 Å². The second-order valence-electron chi connectivity index (χ2n) is 16.1. The molecule has 3 aromatic carbocycles. The fourth-order valence-corrected chi connectivity index (χ4v) is 7.83. The number of rotatable bonds is 15. The molecule has 0 aliphatic carbocycles. The first-order chi connectivity index (χ1) is 31.6. The fraction of sp³-hybridized carbons (Fsp3) is 0.292. The first-order valence-electron chi connectivity index (χ1n) is 21.0. The third-order valence-corrected chi connectivity index (χ3v) is 10.8. The van der Waals surface area contributed by atoms with Crippen LogP contribution in [0.5, 0.6) is 0 Å². The first-order valence-corrected chi connectivity index (χ1v) is 25.6. The van der Waals surface area contributed by atoms with Crippen molar-refractivity contribution < 1.29 is 51.3 Å². The summed E-state index contributed by atoms with van der Waals surface area (Å²) in [5.41, 5.74) is 24.5. The number of carboxylic acid groups (broad SMARTS) is 3. The summed E-state index contributed by atoms with van der Waals surface area (Å²) < 4.78 is 50.0. The number of halogens is 1. The molecule has 17 nitrogen and oxygen atoms in total. The van der Waals surface area contributed by atoms with E-state index in [1.807, 2.05) is 117 Å². The lowest BCUT2D eigenvalue weighted by Gasteiger charge is -2.15. The Morgan fingerprint density at radius 1 is 0.544 bits per heavy atom. The predicted molar refractivity (Wildman–Crippen MR) is 266 cm³/mol. The van der Waals surface area contributed by atoms with Gasteiger partial charge in [-0.3, -0.25) is 23.9 Å². The van der Waals surface area contributed by atoms with Crippen LogP contribution < -0.4 is 16.2 Å². The number of nitrogens with two attached hydrogens (primary N) is 2. The highest BCUT2D eigenvalue weighted by Crippen LogP contribution is 2.26. The minimum Gasteiger partial charge on any atom is -0.481 e. The van der Waals surface area contributed by atoms with Crippen LogP contribution in [0.3, 0.4) is 0 Å². The molecule has 68 heavy (non-hydrogen) atoms. The average Bonchev–Trinajstić information content (AvgIpc) is 3.89. The van der Waals surface area contributed by atoms with Crippen LogP contribution in [0, 0.1) is 41.5 Å². The summed E-state index contributed by atoms with van der Waals surface area (Å²) in [5, 5.41) is 26.5. The summed E-state index contributed by atoms with van der Waals surface area (Å²) in [4.78, 5) is 43.5. The number of carboxylic acids is 3. The molecule has 6 aromatic rings. The molecule has 0 saturated heterocycles. The van der Waals surface area contributed by atoms with E-state index in [4.69, 9.17) is 26.8 Å². The number of benzene rings is 3. The number of carbonyl (C=O) groups is 4. The molecule has 0 saturated carbocycles. The van der Waals surface area contributed by atoms with E-state index in [2.05, 4.69) is 20.0 Å². The van der Waals surface area contributed by atoms with Gasteiger partial charge in [0.25, 0.3) is 0 Å². The summed E-state index contributed by atoms with van der Waals surface area (Å²) in [6, 6.07) is 28.1. The van der Waals surface area contributed by atoms with Gasteiger partial charge in [-0.25, -0.2) is 16.8 Å². The van der Waals surface area contributed by atoms with Gasteiger partial charge >= 0.3 is 17.9 Å². The average molecular weight is 996 g/mol. The number of hydrogen-bond acceptors (Lipinski definition) is 9. The Balaban J connectivity index is 0.000000258. The number of nitrogen functional groups attached to an aromatic ring is 1. The summed E-state index contributed by atoms with van der Waals surface area (Å²) >= 11 is 0. The van der Waals surface area contributed by atoms with Crippen molar-refractivity contribution in [3.05, 3.63) is 147 Å². The second-order valence-corrected chi connectivity index (χ2v) is 20.8. The van der Waals surface area contributed by atoms with Gasteiger partial charge in [-0.05, 0) is 168 Å². The minimum atomic E-state index is -3.32. The number of nitrogens with zero attached hydrogens (tertiary/aromatic N) is 3. The van der Waals surface area contributed by atoms with Crippen LogP contribution in [-0.4, -0.2) is 82.2 Å². The van der Waals surface area contributed by atoms with Crippen molar-refractivity contribution in [3.63, 3.8) is 0 Å². The van der Waals surface area contributed by atoms with Crippen LogP contribution in [-0.2, 0) is 52.7 Å². The van der Waals surface area contributed by atoms with Gasteiger partial charge in [-0.1, -0.05) is 0 Å². The number of carbonyl (C=O) groups excluding carboxylic acids is 1. The van der Waals surface area contributed by atoms with Crippen LogP contribution in [0.2, 0.25) is 0 Å². The summed E-state index contributed by atoms with van der Waals surface area (Å²) in [5.74, 6) is -2.89. The van der Waals surface area contributed by atoms with Crippen LogP contribution in [0.15, 0.2) is 91.0 Å². The van der Waals surface area contributed by atoms with E-state index in [1.54, 1.807) is 24.3 Å². The van der Waals surface area contributed by atoms with Gasteiger partial charge in [0.05, 0.1) is 31.8 Å². The quantitative estimate of drug-likeness (QED) is 0.0429. The van der Waals surface area contributed by atoms with Crippen LogP contribution in [0.4, 0.5) is 11.4 Å². The SMILES string of the molecule is CS(=O)(=O)Cl.Cc1cc(C(N)=O)ccc1-n1c(C)ccc1CCC(=O)O.Cc1cc(N)ccc1-n1c(C)ccc1CCC(=O)O.Cc1cc(NS(C)(=O)=O)ccc1-n1c(C)ccc1CCC(=O)O. The van der Waals surface area contributed by atoms with Crippen LogP contribution in [0.1, 0.15) is 80.5 Å². The number of amides is 1. The van der Waals surface area contributed by atoms with E-state index in [-0.39, 0.29) is 19.3 Å². The molecule has 20 heteroatoms. The smallest absolute Gasteiger partial charge is 0.303 e. The molecular formula is C48H59ClN6O11S2. The third kappa shape index (κ3) is 17.4. The molecule has 0 unspecified atom stereocenters. The van der Waals surface area contributed by atoms with Crippen molar-refractivity contribution in [2.45, 2.75) is 80.1 Å². The number of aliphatic carboxylic acids is 3. The number of primary amides is 1. The van der Waals surface area contributed by atoms with Gasteiger partial charge in [0.15, 0.2) is 0 Å². The van der Waals surface area contributed by atoms with E-state index in [9.17, 15) is 36.0 Å². The standard InChI is InChI=1S/C16H20N2O4S.C16H18N2O3.C15H18N2O2.CH3ClO2S/c1-11-10-13(17-23(3,21)22)5-8-15(11)18-12(2)4-6-14(18)7-9-16(19)20;1-10-9-12(16(17)21)4-7-14(10)18-11(2)3-5-13(18)6-8-15(19)20;1-10-9-12(16)4-7-14(10)17-11(2)3-5-13(17)6-8-15(18)19;1-5(2,3)4/h4-6,8,10,17H,7,9H2,1-3H3,(H,19,20);3-5,7,9H,6,8H2,1-2H3,(H2,17,21)(H,19,20);3-5,7,9H,6,8,16H2,1-2H3,(H,18,19);1H3. The zero-order valence-electron chi connectivity index (χ0n) is 39.2. The molecule has 3 heterocycles. The molecule has 0 spiro atoms. The van der Waals surface area contributed by atoms with Gasteiger partial charge < -0.3 is 40.5 Å². The fourth-order valence-electron chi connectivity index (χ4n) is 7.27. The van der Waals surface area contributed by atoms with Crippen LogP contribution in [0.25, 0.3) is 17.1 Å². The zero-order valence-corrected chi connectivity index (χ0v) is 41.6. The van der Waals surface area contributed by atoms with Crippen molar-refractivity contribution in [3.8, 4) is 17.1 Å². The molecule has 0 aliphatic rings. The van der Waals surface area contributed by atoms with E-state index in [0.29, 0.717) is 30.5 Å². The van der Waals surface area contributed by atoms with Gasteiger partial charge in [0, 0.05) is 78.8 Å². The largest absolute Gasteiger partial charge is 0.481 e. The molecule has 0 bridgehead atoms. The molecular weight excluding hydrogens is 936 g/mol. The molecule has 366 valence electrons. The maximum Gasteiger partial charge on any atom is 0.303 e. The van der Waals surface area contributed by atoms with Gasteiger partial charge in [-0.2, -0.15) is 0 Å². The Hall–Kier alpha value is -6.83. The lowest BCUT2D eigenvalue weighted by atomic mass is 10.1. The van der Waals surface area contributed by atoms with Crippen molar-refractivity contribution in [2.24, 2.45) is 5.73 Å². The Bertz CT molecular complexity index is 3000.